The fourth-order valence-electron chi connectivity index (χ4n) is 3.04. The number of nitrogens with one attached hydrogen (secondary N) is 1. The molecule has 1 aromatic heterocycles. The maximum absolute atomic E-state index is 13.9. The van der Waals surface area contributed by atoms with E-state index in [-0.39, 0.29) is 11.7 Å². The van der Waals surface area contributed by atoms with Crippen LogP contribution in [0.1, 0.15) is 10.4 Å². The molecular weight excluding hydrogens is 429 g/mol. The fourth-order valence-corrected chi connectivity index (χ4v) is 3.85. The number of aromatic nitrogens is 2. The molecule has 0 fully saturated rings. The van der Waals surface area contributed by atoms with Gasteiger partial charge in [-0.25, -0.2) is 19.2 Å². The second-order valence-corrected chi connectivity index (χ2v) is 7.75. The van der Waals surface area contributed by atoms with E-state index in [1.54, 1.807) is 30.3 Å². The molecule has 160 valence electrons. The summed E-state index contributed by atoms with van der Waals surface area (Å²) in [6.07, 6.45) is 0. The predicted molar refractivity (Wildman–Crippen MR) is 122 cm³/mol. The van der Waals surface area contributed by atoms with E-state index in [4.69, 9.17) is 0 Å². The number of nitrogens with zero attached hydrogens (tertiary/aromatic N) is 2. The van der Waals surface area contributed by atoms with Gasteiger partial charge >= 0.3 is 5.97 Å². The fraction of sp³-hybridized carbons (Fsp3) is 0.0833. The molecule has 1 amide bonds. The van der Waals surface area contributed by atoms with E-state index in [1.807, 2.05) is 30.3 Å². The van der Waals surface area contributed by atoms with Crippen LogP contribution in [0.15, 0.2) is 77.8 Å². The van der Waals surface area contributed by atoms with Crippen molar-refractivity contribution in [3.05, 3.63) is 84.2 Å². The molecule has 32 heavy (non-hydrogen) atoms. The number of rotatable bonds is 6. The van der Waals surface area contributed by atoms with E-state index in [0.717, 1.165) is 5.56 Å². The molecule has 4 rings (SSSR count). The van der Waals surface area contributed by atoms with Gasteiger partial charge in [0.15, 0.2) is 5.82 Å². The van der Waals surface area contributed by atoms with Crippen molar-refractivity contribution in [1.29, 1.82) is 0 Å². The highest BCUT2D eigenvalue weighted by atomic mass is 32.2. The van der Waals surface area contributed by atoms with Crippen LogP contribution in [-0.2, 0) is 9.53 Å². The summed E-state index contributed by atoms with van der Waals surface area (Å²) < 4.78 is 18.5. The van der Waals surface area contributed by atoms with Crippen molar-refractivity contribution in [2.45, 2.75) is 5.03 Å². The molecule has 0 radical (unpaired) electrons. The van der Waals surface area contributed by atoms with Crippen LogP contribution in [0, 0.1) is 5.82 Å². The third-order valence-electron chi connectivity index (χ3n) is 4.58. The Labute approximate surface area is 187 Å². The number of amides is 1. The van der Waals surface area contributed by atoms with E-state index in [2.05, 4.69) is 20.0 Å². The number of methoxy groups -OCH3 is 1. The molecule has 0 saturated heterocycles. The van der Waals surface area contributed by atoms with E-state index >= 15 is 0 Å². The smallest absolute Gasteiger partial charge is 0.337 e. The predicted octanol–water partition coefficient (Wildman–Crippen LogP) is 4.95. The van der Waals surface area contributed by atoms with Gasteiger partial charge in [0.25, 0.3) is 0 Å². The van der Waals surface area contributed by atoms with Crippen LogP contribution in [0.2, 0.25) is 0 Å². The number of benzene rings is 3. The number of thioether (sulfide) groups is 1. The Balaban J connectivity index is 1.53. The van der Waals surface area contributed by atoms with Crippen molar-refractivity contribution in [1.82, 2.24) is 9.97 Å². The van der Waals surface area contributed by atoms with Crippen molar-refractivity contribution in [2.75, 3.05) is 18.2 Å². The van der Waals surface area contributed by atoms with Gasteiger partial charge in [0.05, 0.1) is 23.9 Å². The molecule has 6 nitrogen and oxygen atoms in total. The Kier molecular flexibility index (Phi) is 6.42. The molecule has 0 atom stereocenters. The lowest BCUT2D eigenvalue weighted by Crippen LogP contribution is -2.14. The number of fused-ring (bicyclic) bond motifs is 1. The Hall–Kier alpha value is -3.78. The quantitative estimate of drug-likeness (QED) is 0.256. The molecular formula is C24H18FN3O3S. The van der Waals surface area contributed by atoms with E-state index in [1.165, 1.54) is 31.0 Å². The Morgan fingerprint density at radius 3 is 2.47 bits per heavy atom. The van der Waals surface area contributed by atoms with Crippen molar-refractivity contribution < 1.29 is 18.7 Å². The molecule has 0 aliphatic carbocycles. The standard InChI is InChI=1S/C24H18FN3O3S/c1-31-24(30)16-7-10-18(11-8-16)26-21(29)14-32-23-19-13-17(25)9-12-20(19)27-22(28-23)15-5-3-2-4-6-15/h2-13H,14H2,1H3,(H,26,29). The third-order valence-corrected chi connectivity index (χ3v) is 5.58. The third kappa shape index (κ3) is 4.92. The molecule has 4 aromatic rings. The van der Waals surface area contributed by atoms with E-state index in [0.29, 0.717) is 33.0 Å². The summed E-state index contributed by atoms with van der Waals surface area (Å²) in [6.45, 7) is 0. The van der Waals surface area contributed by atoms with Gasteiger partial charge in [0.2, 0.25) is 5.91 Å². The largest absolute Gasteiger partial charge is 0.465 e. The molecule has 1 N–H and O–H groups in total. The Morgan fingerprint density at radius 2 is 1.75 bits per heavy atom. The first-order chi connectivity index (χ1) is 15.5. The molecule has 3 aromatic carbocycles. The minimum atomic E-state index is -0.449. The summed E-state index contributed by atoms with van der Waals surface area (Å²) in [6, 6.07) is 20.2. The zero-order valence-electron chi connectivity index (χ0n) is 17.0. The first-order valence-corrected chi connectivity index (χ1v) is 10.7. The van der Waals surface area contributed by atoms with Crippen LogP contribution < -0.4 is 5.32 Å². The summed E-state index contributed by atoms with van der Waals surface area (Å²) in [5.74, 6) is -0.535. The van der Waals surface area contributed by atoms with Gasteiger partial charge in [-0.05, 0) is 42.5 Å². The van der Waals surface area contributed by atoms with Crippen LogP contribution in [0.25, 0.3) is 22.3 Å². The molecule has 0 aliphatic heterocycles. The lowest BCUT2D eigenvalue weighted by atomic mass is 10.2. The molecule has 8 heteroatoms. The Bertz CT molecular complexity index is 1280. The highest BCUT2D eigenvalue weighted by molar-refractivity contribution is 8.00. The van der Waals surface area contributed by atoms with E-state index in [9.17, 15) is 14.0 Å². The number of halogens is 1. The second kappa shape index (κ2) is 9.57. The van der Waals surface area contributed by atoms with Gasteiger partial charge < -0.3 is 10.1 Å². The van der Waals surface area contributed by atoms with Crippen molar-refractivity contribution >= 4 is 40.2 Å². The lowest BCUT2D eigenvalue weighted by Gasteiger charge is -2.09. The average Bonchev–Trinajstić information content (AvgIpc) is 2.83. The Morgan fingerprint density at radius 1 is 1.00 bits per heavy atom. The van der Waals surface area contributed by atoms with Crippen LogP contribution in [0.5, 0.6) is 0 Å². The van der Waals surface area contributed by atoms with Gasteiger partial charge in [-0.15, -0.1) is 0 Å². The molecule has 0 bridgehead atoms. The van der Waals surface area contributed by atoms with Crippen LogP contribution in [0.3, 0.4) is 0 Å². The molecule has 0 spiro atoms. The topological polar surface area (TPSA) is 81.2 Å². The molecule has 0 unspecified atom stereocenters. The zero-order valence-corrected chi connectivity index (χ0v) is 17.9. The number of ether oxygens (including phenoxy) is 1. The first kappa shape index (κ1) is 21.5. The molecule has 0 saturated carbocycles. The van der Waals surface area contributed by atoms with E-state index < -0.39 is 11.8 Å². The van der Waals surface area contributed by atoms with Gasteiger partial charge in [-0.3, -0.25) is 4.79 Å². The summed E-state index contributed by atoms with van der Waals surface area (Å²) >= 11 is 1.20. The summed E-state index contributed by atoms with van der Waals surface area (Å²) in [7, 11) is 1.31. The maximum Gasteiger partial charge on any atom is 0.337 e. The maximum atomic E-state index is 13.9. The highest BCUT2D eigenvalue weighted by Crippen LogP contribution is 2.29. The second-order valence-electron chi connectivity index (χ2n) is 6.79. The molecule has 0 aliphatic rings. The summed E-state index contributed by atoms with van der Waals surface area (Å²) in [5.41, 5.74) is 2.37. The number of esters is 1. The normalized spacial score (nSPS) is 10.7. The van der Waals surface area contributed by atoms with Crippen molar-refractivity contribution in [3.8, 4) is 11.4 Å². The minimum absolute atomic E-state index is 0.0651. The van der Waals surface area contributed by atoms with Gasteiger partial charge in [0, 0.05) is 16.6 Å². The SMILES string of the molecule is COC(=O)c1ccc(NC(=O)CSc2nc(-c3ccccc3)nc3ccc(F)cc23)cc1. The highest BCUT2D eigenvalue weighted by Gasteiger charge is 2.13. The first-order valence-electron chi connectivity index (χ1n) is 9.67. The summed E-state index contributed by atoms with van der Waals surface area (Å²) in [5, 5.41) is 3.84. The number of hydrogen-bond acceptors (Lipinski definition) is 6. The summed E-state index contributed by atoms with van der Waals surface area (Å²) in [4.78, 5) is 33.1. The average molecular weight is 447 g/mol. The van der Waals surface area contributed by atoms with Crippen LogP contribution >= 0.6 is 11.8 Å². The van der Waals surface area contributed by atoms with Gasteiger partial charge in [-0.1, -0.05) is 42.1 Å². The number of carbonyl (C=O) groups excluding carboxylic acids is 2. The number of hydrogen-bond donors (Lipinski definition) is 1. The van der Waals surface area contributed by atoms with Crippen LogP contribution in [-0.4, -0.2) is 34.7 Å². The zero-order chi connectivity index (χ0) is 22.5. The number of anilines is 1. The number of carbonyl (C=O) groups is 2. The minimum Gasteiger partial charge on any atom is -0.465 e. The lowest BCUT2D eigenvalue weighted by molar-refractivity contribution is -0.113. The van der Waals surface area contributed by atoms with Crippen LogP contribution in [0.4, 0.5) is 10.1 Å². The monoisotopic (exact) mass is 447 g/mol. The van der Waals surface area contributed by atoms with Gasteiger partial charge in [0.1, 0.15) is 10.8 Å². The van der Waals surface area contributed by atoms with Gasteiger partial charge in [-0.2, -0.15) is 0 Å². The molecule has 1 heterocycles. The van der Waals surface area contributed by atoms with Crippen molar-refractivity contribution in [3.63, 3.8) is 0 Å². The van der Waals surface area contributed by atoms with Crippen molar-refractivity contribution in [2.24, 2.45) is 0 Å².